The van der Waals surface area contributed by atoms with Gasteiger partial charge in [-0.25, -0.2) is 0 Å². The molecule has 0 spiro atoms. The molecule has 6 nitrogen and oxygen atoms in total. The van der Waals surface area contributed by atoms with Crippen molar-refractivity contribution in [2.45, 2.75) is 45.2 Å². The van der Waals surface area contributed by atoms with Gasteiger partial charge in [0.2, 0.25) is 0 Å². The number of aliphatic carboxylic acids is 1. The van der Waals surface area contributed by atoms with E-state index in [2.05, 4.69) is 17.3 Å². The highest BCUT2D eigenvalue weighted by Crippen LogP contribution is 2.23. The van der Waals surface area contributed by atoms with Crippen LogP contribution < -0.4 is 5.32 Å². The maximum absolute atomic E-state index is 12.0. The predicted molar refractivity (Wildman–Crippen MR) is 68.7 cm³/mol. The van der Waals surface area contributed by atoms with E-state index in [1.807, 2.05) is 0 Å². The van der Waals surface area contributed by atoms with Crippen molar-refractivity contribution < 1.29 is 14.7 Å². The Morgan fingerprint density at radius 1 is 1.47 bits per heavy atom. The lowest BCUT2D eigenvalue weighted by molar-refractivity contribution is -0.137. The van der Waals surface area contributed by atoms with E-state index < -0.39 is 5.97 Å². The largest absolute Gasteiger partial charge is 0.480 e. The number of rotatable bonds is 4. The smallest absolute Gasteiger partial charge is 0.325 e. The van der Waals surface area contributed by atoms with Gasteiger partial charge in [-0.05, 0) is 18.8 Å². The molecule has 2 atom stereocenters. The predicted octanol–water partition coefficient (Wildman–Crippen LogP) is 1.28. The fourth-order valence-corrected chi connectivity index (χ4v) is 2.49. The van der Waals surface area contributed by atoms with Crippen LogP contribution >= 0.6 is 0 Å². The van der Waals surface area contributed by atoms with Crippen molar-refractivity contribution in [3.8, 4) is 0 Å². The lowest BCUT2D eigenvalue weighted by atomic mass is 9.86. The second-order valence-electron chi connectivity index (χ2n) is 5.16. The van der Waals surface area contributed by atoms with Crippen LogP contribution in [0.1, 0.15) is 43.0 Å². The number of hydrogen-bond acceptors (Lipinski definition) is 3. The average molecular weight is 265 g/mol. The molecule has 0 bridgehead atoms. The van der Waals surface area contributed by atoms with Gasteiger partial charge in [0.05, 0.1) is 11.8 Å². The lowest BCUT2D eigenvalue weighted by Gasteiger charge is -2.29. The van der Waals surface area contributed by atoms with Gasteiger partial charge in [0.15, 0.2) is 0 Å². The van der Waals surface area contributed by atoms with E-state index >= 15 is 0 Å². The first-order valence-corrected chi connectivity index (χ1v) is 6.61. The van der Waals surface area contributed by atoms with Crippen LogP contribution in [0.2, 0.25) is 0 Å². The van der Waals surface area contributed by atoms with Crippen molar-refractivity contribution in [2.24, 2.45) is 5.92 Å². The van der Waals surface area contributed by atoms with Gasteiger partial charge in [0, 0.05) is 12.2 Å². The van der Waals surface area contributed by atoms with E-state index in [0.717, 1.165) is 19.3 Å². The van der Waals surface area contributed by atoms with Crippen LogP contribution in [-0.2, 0) is 11.3 Å². The standard InChI is InChI=1S/C13H19N3O3/c1-9-4-2-3-5-11(9)15-13(19)10-6-14-16(7-10)8-12(17)18/h6-7,9,11H,2-5,8H2,1H3,(H,15,19)(H,17,18). The van der Waals surface area contributed by atoms with Crippen molar-refractivity contribution in [3.05, 3.63) is 18.0 Å². The van der Waals surface area contributed by atoms with Crippen molar-refractivity contribution in [2.75, 3.05) is 0 Å². The number of carboxylic acid groups (broad SMARTS) is 1. The van der Waals surface area contributed by atoms with Gasteiger partial charge in [0.1, 0.15) is 6.54 Å². The van der Waals surface area contributed by atoms with Crippen LogP contribution in [0.3, 0.4) is 0 Å². The highest BCUT2D eigenvalue weighted by Gasteiger charge is 2.23. The van der Waals surface area contributed by atoms with Crippen LogP contribution in [0.4, 0.5) is 0 Å². The van der Waals surface area contributed by atoms with Crippen LogP contribution in [0, 0.1) is 5.92 Å². The maximum atomic E-state index is 12.0. The van der Waals surface area contributed by atoms with Gasteiger partial charge in [-0.1, -0.05) is 19.8 Å². The van der Waals surface area contributed by atoms with Gasteiger partial charge in [-0.2, -0.15) is 5.10 Å². The number of aromatic nitrogens is 2. The zero-order valence-electron chi connectivity index (χ0n) is 11.0. The summed E-state index contributed by atoms with van der Waals surface area (Å²) in [6.45, 7) is 1.92. The SMILES string of the molecule is CC1CCCCC1NC(=O)c1cnn(CC(=O)O)c1. The molecule has 1 aromatic heterocycles. The van der Waals surface area contributed by atoms with Gasteiger partial charge < -0.3 is 10.4 Å². The Morgan fingerprint density at radius 2 is 2.21 bits per heavy atom. The molecule has 0 aromatic carbocycles. The number of amides is 1. The molecule has 19 heavy (non-hydrogen) atoms. The molecule has 1 aliphatic rings. The summed E-state index contributed by atoms with van der Waals surface area (Å²) in [6.07, 6.45) is 7.40. The molecule has 1 saturated carbocycles. The zero-order chi connectivity index (χ0) is 13.8. The zero-order valence-corrected chi connectivity index (χ0v) is 11.0. The van der Waals surface area contributed by atoms with E-state index in [-0.39, 0.29) is 18.5 Å². The molecule has 1 amide bonds. The summed E-state index contributed by atoms with van der Waals surface area (Å²) in [5, 5.41) is 15.5. The number of carbonyl (C=O) groups excluding carboxylic acids is 1. The third-order valence-electron chi connectivity index (χ3n) is 3.62. The minimum Gasteiger partial charge on any atom is -0.480 e. The van der Waals surface area contributed by atoms with Crippen LogP contribution in [0.5, 0.6) is 0 Å². The Balaban J connectivity index is 1.95. The monoisotopic (exact) mass is 265 g/mol. The molecular weight excluding hydrogens is 246 g/mol. The number of nitrogens with one attached hydrogen (secondary N) is 1. The molecular formula is C13H19N3O3. The summed E-state index contributed by atoms with van der Waals surface area (Å²) in [6, 6.07) is 0.212. The summed E-state index contributed by atoms with van der Waals surface area (Å²) >= 11 is 0. The second-order valence-corrected chi connectivity index (χ2v) is 5.16. The average Bonchev–Trinajstić information content (AvgIpc) is 2.79. The molecule has 2 N–H and O–H groups in total. The van der Waals surface area contributed by atoms with Crippen molar-refractivity contribution in [1.82, 2.24) is 15.1 Å². The molecule has 1 fully saturated rings. The third-order valence-corrected chi connectivity index (χ3v) is 3.62. The summed E-state index contributed by atoms with van der Waals surface area (Å²) in [4.78, 5) is 22.6. The number of carboxylic acids is 1. The fraction of sp³-hybridized carbons (Fsp3) is 0.615. The Labute approximate surface area is 111 Å². The molecule has 1 heterocycles. The van der Waals surface area contributed by atoms with Gasteiger partial charge >= 0.3 is 5.97 Å². The van der Waals surface area contributed by atoms with E-state index in [1.165, 1.54) is 23.5 Å². The Morgan fingerprint density at radius 3 is 2.89 bits per heavy atom. The van der Waals surface area contributed by atoms with Crippen molar-refractivity contribution in [3.63, 3.8) is 0 Å². The second kappa shape index (κ2) is 5.86. The summed E-state index contributed by atoms with van der Waals surface area (Å²) in [5.41, 5.74) is 0.416. The third kappa shape index (κ3) is 3.56. The molecule has 104 valence electrons. The highest BCUT2D eigenvalue weighted by atomic mass is 16.4. The Kier molecular flexibility index (Phi) is 4.19. The van der Waals surface area contributed by atoms with Gasteiger partial charge in [-0.3, -0.25) is 14.3 Å². The van der Waals surface area contributed by atoms with Crippen LogP contribution in [-0.4, -0.2) is 32.8 Å². The minimum atomic E-state index is -0.976. The summed E-state index contributed by atoms with van der Waals surface area (Å²) in [5.74, 6) is -0.655. The number of hydrogen-bond donors (Lipinski definition) is 2. The normalized spacial score (nSPS) is 23.0. The highest BCUT2D eigenvalue weighted by molar-refractivity contribution is 5.93. The first-order valence-electron chi connectivity index (χ1n) is 6.61. The summed E-state index contributed by atoms with van der Waals surface area (Å²) < 4.78 is 1.25. The van der Waals surface area contributed by atoms with Crippen LogP contribution in [0.15, 0.2) is 12.4 Å². The quantitative estimate of drug-likeness (QED) is 0.858. The topological polar surface area (TPSA) is 84.2 Å². The van der Waals surface area contributed by atoms with E-state index in [1.54, 1.807) is 0 Å². The fourth-order valence-electron chi connectivity index (χ4n) is 2.49. The van der Waals surface area contributed by atoms with E-state index in [0.29, 0.717) is 11.5 Å². The lowest BCUT2D eigenvalue weighted by Crippen LogP contribution is -2.40. The summed E-state index contributed by atoms with van der Waals surface area (Å²) in [7, 11) is 0. The minimum absolute atomic E-state index is 0.171. The number of carbonyl (C=O) groups is 2. The molecule has 2 unspecified atom stereocenters. The van der Waals surface area contributed by atoms with Crippen molar-refractivity contribution in [1.29, 1.82) is 0 Å². The van der Waals surface area contributed by atoms with Gasteiger partial charge in [-0.15, -0.1) is 0 Å². The van der Waals surface area contributed by atoms with E-state index in [9.17, 15) is 9.59 Å². The first-order chi connectivity index (χ1) is 9.06. The molecule has 0 radical (unpaired) electrons. The Bertz CT molecular complexity index is 469. The molecule has 1 aliphatic carbocycles. The van der Waals surface area contributed by atoms with Crippen molar-refractivity contribution >= 4 is 11.9 Å². The Hall–Kier alpha value is -1.85. The molecule has 6 heteroatoms. The number of nitrogens with zero attached hydrogens (tertiary/aromatic N) is 2. The molecule has 0 aliphatic heterocycles. The molecule has 0 saturated heterocycles. The van der Waals surface area contributed by atoms with Gasteiger partial charge in [0.25, 0.3) is 5.91 Å². The maximum Gasteiger partial charge on any atom is 0.325 e. The van der Waals surface area contributed by atoms with E-state index in [4.69, 9.17) is 5.11 Å². The molecule has 1 aromatic rings. The first kappa shape index (κ1) is 13.6. The molecule has 2 rings (SSSR count). The van der Waals surface area contributed by atoms with Crippen LogP contribution in [0.25, 0.3) is 0 Å².